The summed E-state index contributed by atoms with van der Waals surface area (Å²) in [5.74, 6) is 0. The van der Waals surface area contributed by atoms with Crippen molar-refractivity contribution in [1.29, 1.82) is 0 Å². The van der Waals surface area contributed by atoms with Crippen LogP contribution in [0.3, 0.4) is 0 Å². The summed E-state index contributed by atoms with van der Waals surface area (Å²) < 4.78 is 0. The molecule has 1 nitrogen and oxygen atoms in total. The highest BCUT2D eigenvalue weighted by Crippen LogP contribution is 2.26. The molecule has 0 bridgehead atoms. The van der Waals surface area contributed by atoms with Gasteiger partial charge in [-0.05, 0) is 60.8 Å². The molecule has 0 heterocycles. The normalized spacial score (nSPS) is 16.4. The van der Waals surface area contributed by atoms with Crippen molar-refractivity contribution < 1.29 is 0 Å². The minimum Gasteiger partial charge on any atom is -0.313 e. The van der Waals surface area contributed by atoms with Crippen LogP contribution in [0.15, 0.2) is 18.2 Å². The first kappa shape index (κ1) is 14.6. The lowest BCUT2D eigenvalue weighted by Crippen LogP contribution is -2.42. The smallest absolute Gasteiger partial charge is 0.0156 e. The van der Waals surface area contributed by atoms with Crippen LogP contribution in [0.25, 0.3) is 0 Å². The number of rotatable bonds is 5. The first-order chi connectivity index (χ1) is 9.00. The van der Waals surface area contributed by atoms with Crippen LogP contribution >= 0.6 is 0 Å². The van der Waals surface area contributed by atoms with Gasteiger partial charge in [0.1, 0.15) is 0 Å². The molecule has 1 atom stereocenters. The van der Waals surface area contributed by atoms with Crippen molar-refractivity contribution in [2.45, 2.75) is 65.8 Å². The zero-order valence-corrected chi connectivity index (χ0v) is 13.1. The van der Waals surface area contributed by atoms with Gasteiger partial charge in [-0.1, -0.05) is 45.9 Å². The van der Waals surface area contributed by atoms with Crippen LogP contribution in [-0.2, 0) is 19.3 Å². The fourth-order valence-electron chi connectivity index (χ4n) is 2.99. The SMILES string of the molecule is CCCNC(Cc1ccc2c(c1)CCC2)C(C)(C)C. The third-order valence-corrected chi connectivity index (χ3v) is 4.29. The molecule has 0 radical (unpaired) electrons. The molecule has 0 fully saturated rings. The van der Waals surface area contributed by atoms with E-state index in [0.717, 1.165) is 13.0 Å². The van der Waals surface area contributed by atoms with Gasteiger partial charge in [0.15, 0.2) is 0 Å². The Morgan fingerprint density at radius 2 is 1.89 bits per heavy atom. The Morgan fingerprint density at radius 3 is 2.58 bits per heavy atom. The standard InChI is InChI=1S/C18H29N/c1-5-11-19-17(18(2,3)4)13-14-9-10-15-7-6-8-16(15)12-14/h9-10,12,17,19H,5-8,11,13H2,1-4H3. The highest BCUT2D eigenvalue weighted by molar-refractivity contribution is 5.35. The van der Waals surface area contributed by atoms with E-state index in [0.29, 0.717) is 11.5 Å². The van der Waals surface area contributed by atoms with Gasteiger partial charge < -0.3 is 5.32 Å². The summed E-state index contributed by atoms with van der Waals surface area (Å²) in [6, 6.07) is 7.72. The van der Waals surface area contributed by atoms with Gasteiger partial charge in [-0.25, -0.2) is 0 Å². The van der Waals surface area contributed by atoms with Crippen LogP contribution in [0, 0.1) is 5.41 Å². The maximum absolute atomic E-state index is 3.73. The molecule has 0 saturated heterocycles. The summed E-state index contributed by atoms with van der Waals surface area (Å²) in [7, 11) is 0. The van der Waals surface area contributed by atoms with Gasteiger partial charge in [-0.3, -0.25) is 0 Å². The molecule has 19 heavy (non-hydrogen) atoms. The fourth-order valence-corrected chi connectivity index (χ4v) is 2.99. The number of nitrogens with one attached hydrogen (secondary N) is 1. The molecule has 1 heteroatoms. The molecule has 0 amide bonds. The van der Waals surface area contributed by atoms with E-state index < -0.39 is 0 Å². The molecule has 0 spiro atoms. The first-order valence-corrected chi connectivity index (χ1v) is 7.84. The Hall–Kier alpha value is -0.820. The molecule has 1 aliphatic carbocycles. The molecular formula is C18H29N. The van der Waals surface area contributed by atoms with E-state index in [2.05, 4.69) is 51.2 Å². The van der Waals surface area contributed by atoms with Gasteiger partial charge in [-0.2, -0.15) is 0 Å². The lowest BCUT2D eigenvalue weighted by Gasteiger charge is -2.32. The average Bonchev–Trinajstić information content (AvgIpc) is 2.80. The number of hydrogen-bond acceptors (Lipinski definition) is 1. The van der Waals surface area contributed by atoms with Gasteiger partial charge in [0.05, 0.1) is 0 Å². The zero-order chi connectivity index (χ0) is 13.9. The molecular weight excluding hydrogens is 230 g/mol. The van der Waals surface area contributed by atoms with Gasteiger partial charge in [0.2, 0.25) is 0 Å². The van der Waals surface area contributed by atoms with Gasteiger partial charge >= 0.3 is 0 Å². The van der Waals surface area contributed by atoms with Crippen molar-refractivity contribution >= 4 is 0 Å². The molecule has 0 saturated carbocycles. The van der Waals surface area contributed by atoms with E-state index in [1.807, 2.05) is 0 Å². The molecule has 1 aromatic rings. The number of hydrogen-bond donors (Lipinski definition) is 1. The van der Waals surface area contributed by atoms with E-state index >= 15 is 0 Å². The summed E-state index contributed by atoms with van der Waals surface area (Å²) in [5, 5.41) is 3.73. The summed E-state index contributed by atoms with van der Waals surface area (Å²) in [5.41, 5.74) is 5.00. The number of fused-ring (bicyclic) bond motifs is 1. The number of benzene rings is 1. The van der Waals surface area contributed by atoms with Crippen LogP contribution in [0.1, 0.15) is 57.2 Å². The van der Waals surface area contributed by atoms with Crippen molar-refractivity contribution in [3.63, 3.8) is 0 Å². The van der Waals surface area contributed by atoms with Crippen LogP contribution in [0.5, 0.6) is 0 Å². The summed E-state index contributed by atoms with van der Waals surface area (Å²) in [6.45, 7) is 10.4. The van der Waals surface area contributed by atoms with Crippen LogP contribution in [0.2, 0.25) is 0 Å². The maximum atomic E-state index is 3.73. The first-order valence-electron chi connectivity index (χ1n) is 7.84. The van der Waals surface area contributed by atoms with Gasteiger partial charge in [-0.15, -0.1) is 0 Å². The predicted molar refractivity (Wildman–Crippen MR) is 83.7 cm³/mol. The van der Waals surface area contributed by atoms with E-state index in [-0.39, 0.29) is 0 Å². The van der Waals surface area contributed by atoms with Crippen LogP contribution in [0.4, 0.5) is 0 Å². The van der Waals surface area contributed by atoms with Crippen LogP contribution < -0.4 is 5.32 Å². The van der Waals surface area contributed by atoms with Crippen LogP contribution in [-0.4, -0.2) is 12.6 Å². The van der Waals surface area contributed by atoms with E-state index in [1.54, 1.807) is 11.1 Å². The summed E-state index contributed by atoms with van der Waals surface area (Å²) in [4.78, 5) is 0. The third-order valence-electron chi connectivity index (χ3n) is 4.29. The Bertz CT molecular complexity index is 414. The molecule has 1 unspecified atom stereocenters. The van der Waals surface area contributed by atoms with E-state index in [4.69, 9.17) is 0 Å². The zero-order valence-electron chi connectivity index (χ0n) is 13.1. The van der Waals surface area contributed by atoms with Crippen molar-refractivity contribution in [3.8, 4) is 0 Å². The summed E-state index contributed by atoms with van der Waals surface area (Å²) >= 11 is 0. The van der Waals surface area contributed by atoms with Crippen molar-refractivity contribution in [2.24, 2.45) is 5.41 Å². The molecule has 1 aromatic carbocycles. The Kier molecular flexibility index (Phi) is 4.67. The van der Waals surface area contributed by atoms with Crippen molar-refractivity contribution in [2.75, 3.05) is 6.54 Å². The molecule has 106 valence electrons. The van der Waals surface area contributed by atoms with Crippen molar-refractivity contribution in [1.82, 2.24) is 5.32 Å². The predicted octanol–water partition coefficient (Wildman–Crippen LogP) is 4.13. The molecule has 2 rings (SSSR count). The monoisotopic (exact) mass is 259 g/mol. The Balaban J connectivity index is 2.08. The molecule has 0 aliphatic heterocycles. The molecule has 0 aromatic heterocycles. The lowest BCUT2D eigenvalue weighted by molar-refractivity contribution is 0.267. The highest BCUT2D eigenvalue weighted by Gasteiger charge is 2.24. The topological polar surface area (TPSA) is 12.0 Å². The molecule has 1 aliphatic rings. The second-order valence-electron chi connectivity index (χ2n) is 7.03. The average molecular weight is 259 g/mol. The van der Waals surface area contributed by atoms with Gasteiger partial charge in [0.25, 0.3) is 0 Å². The fraction of sp³-hybridized carbons (Fsp3) is 0.667. The Labute approximate surface area is 118 Å². The minimum atomic E-state index is 0.314. The quantitative estimate of drug-likeness (QED) is 0.838. The minimum absolute atomic E-state index is 0.314. The van der Waals surface area contributed by atoms with Gasteiger partial charge in [0, 0.05) is 6.04 Å². The lowest BCUT2D eigenvalue weighted by atomic mass is 9.82. The third kappa shape index (κ3) is 3.82. The van der Waals surface area contributed by atoms with Crippen molar-refractivity contribution in [3.05, 3.63) is 34.9 Å². The molecule has 1 N–H and O–H groups in total. The summed E-state index contributed by atoms with van der Waals surface area (Å²) in [6.07, 6.45) is 6.27. The highest BCUT2D eigenvalue weighted by atomic mass is 14.9. The second-order valence-corrected chi connectivity index (χ2v) is 7.03. The largest absolute Gasteiger partial charge is 0.313 e. The Morgan fingerprint density at radius 1 is 1.16 bits per heavy atom. The number of aryl methyl sites for hydroxylation is 2. The van der Waals surface area contributed by atoms with E-state index in [1.165, 1.54) is 31.2 Å². The maximum Gasteiger partial charge on any atom is 0.0156 e. The second kappa shape index (κ2) is 6.09. The van der Waals surface area contributed by atoms with E-state index in [9.17, 15) is 0 Å².